The second-order valence-electron chi connectivity index (χ2n) is 7.33. The molecule has 2 heterocycles. The predicted molar refractivity (Wildman–Crippen MR) is 106 cm³/mol. The van der Waals surface area contributed by atoms with Gasteiger partial charge in [0, 0.05) is 36.9 Å². The van der Waals surface area contributed by atoms with Crippen molar-refractivity contribution in [3.63, 3.8) is 0 Å². The molecule has 1 aromatic carbocycles. The second-order valence-corrected chi connectivity index (χ2v) is 7.33. The first kappa shape index (κ1) is 18.6. The summed E-state index contributed by atoms with van der Waals surface area (Å²) in [5, 5.41) is 0. The van der Waals surface area contributed by atoms with Gasteiger partial charge in [-0.15, -0.1) is 0 Å². The molecule has 0 atom stereocenters. The third-order valence-corrected chi connectivity index (χ3v) is 5.65. The number of halogens is 1. The maximum atomic E-state index is 13.6. The summed E-state index contributed by atoms with van der Waals surface area (Å²) >= 11 is 0. The molecule has 1 amide bonds. The van der Waals surface area contributed by atoms with E-state index in [2.05, 4.69) is 4.98 Å². The molecule has 1 saturated carbocycles. The Kier molecular flexibility index (Phi) is 5.13. The monoisotopic (exact) mass is 381 g/mol. The van der Waals surface area contributed by atoms with Gasteiger partial charge in [0.1, 0.15) is 11.5 Å². The van der Waals surface area contributed by atoms with E-state index in [1.807, 2.05) is 34.6 Å². The number of fused-ring (bicyclic) bond motifs is 1. The molecule has 0 radical (unpaired) electrons. The molecule has 4 rings (SSSR count). The summed E-state index contributed by atoms with van der Waals surface area (Å²) in [6, 6.07) is 9.91. The number of methoxy groups -OCH3 is 1. The van der Waals surface area contributed by atoms with Crippen LogP contribution < -0.4 is 4.90 Å². The lowest BCUT2D eigenvalue weighted by molar-refractivity contribution is 0.0637. The van der Waals surface area contributed by atoms with Gasteiger partial charge in [-0.25, -0.2) is 9.37 Å². The van der Waals surface area contributed by atoms with E-state index in [-0.39, 0.29) is 23.9 Å². The van der Waals surface area contributed by atoms with Crippen LogP contribution in [-0.2, 0) is 4.74 Å². The molecule has 0 spiro atoms. The molecule has 0 saturated heterocycles. The van der Waals surface area contributed by atoms with Crippen LogP contribution in [0.15, 0.2) is 48.8 Å². The Morgan fingerprint density at radius 3 is 2.54 bits per heavy atom. The molecule has 146 valence electrons. The summed E-state index contributed by atoms with van der Waals surface area (Å²) in [4.78, 5) is 19.8. The van der Waals surface area contributed by atoms with Gasteiger partial charge < -0.3 is 14.0 Å². The number of nitrogens with zero attached hydrogens (tertiary/aromatic N) is 3. The largest absolute Gasteiger partial charge is 0.381 e. The van der Waals surface area contributed by atoms with Crippen molar-refractivity contribution < 1.29 is 13.9 Å². The summed E-state index contributed by atoms with van der Waals surface area (Å²) in [6.07, 6.45) is 7.32. The summed E-state index contributed by atoms with van der Waals surface area (Å²) in [6.45, 7) is 1.98. The third kappa shape index (κ3) is 3.40. The highest BCUT2D eigenvalue weighted by Crippen LogP contribution is 2.31. The van der Waals surface area contributed by atoms with Gasteiger partial charge in [-0.2, -0.15) is 0 Å². The molecule has 0 aliphatic heterocycles. The number of hydrogen-bond acceptors (Lipinski definition) is 3. The van der Waals surface area contributed by atoms with Crippen molar-refractivity contribution in [2.45, 2.75) is 44.8 Å². The first-order valence-electron chi connectivity index (χ1n) is 9.63. The van der Waals surface area contributed by atoms with Gasteiger partial charge in [-0.05, 0) is 69.0 Å². The van der Waals surface area contributed by atoms with E-state index in [0.717, 1.165) is 31.4 Å². The Hall–Kier alpha value is -2.73. The van der Waals surface area contributed by atoms with Crippen molar-refractivity contribution in [1.82, 2.24) is 9.38 Å². The van der Waals surface area contributed by atoms with E-state index >= 15 is 0 Å². The molecule has 28 heavy (non-hydrogen) atoms. The standard InChI is InChI=1S/C22H24FN3O2/c1-15-11-13-24-21-20(12-14-25(15)21)22(27)26(17-5-3-16(23)4-6-17)18-7-9-19(28-2)10-8-18/h3-6,11-14,18-19H,7-10H2,1-2H3. The molecular formula is C22H24FN3O2. The molecule has 0 bridgehead atoms. The van der Waals surface area contributed by atoms with Gasteiger partial charge in [0.25, 0.3) is 5.91 Å². The van der Waals surface area contributed by atoms with Gasteiger partial charge in [0.15, 0.2) is 0 Å². The zero-order valence-electron chi connectivity index (χ0n) is 16.1. The summed E-state index contributed by atoms with van der Waals surface area (Å²) < 4.78 is 20.9. The number of rotatable bonds is 4. The van der Waals surface area contributed by atoms with Crippen LogP contribution >= 0.6 is 0 Å². The molecule has 6 heteroatoms. The number of aryl methyl sites for hydroxylation is 1. The molecule has 1 aliphatic rings. The van der Waals surface area contributed by atoms with Gasteiger partial charge >= 0.3 is 0 Å². The number of benzene rings is 1. The minimum atomic E-state index is -0.314. The Labute approximate surface area is 163 Å². The van der Waals surface area contributed by atoms with E-state index in [0.29, 0.717) is 16.9 Å². The zero-order valence-corrected chi connectivity index (χ0v) is 16.1. The number of amides is 1. The van der Waals surface area contributed by atoms with Gasteiger partial charge in [-0.1, -0.05) is 0 Å². The lowest BCUT2D eigenvalue weighted by Crippen LogP contribution is -2.43. The molecule has 5 nitrogen and oxygen atoms in total. The topological polar surface area (TPSA) is 46.8 Å². The first-order chi connectivity index (χ1) is 13.6. The van der Waals surface area contributed by atoms with Crippen LogP contribution in [0.5, 0.6) is 0 Å². The van der Waals surface area contributed by atoms with Crippen LogP contribution in [0, 0.1) is 12.7 Å². The molecule has 1 aliphatic carbocycles. The van der Waals surface area contributed by atoms with E-state index in [9.17, 15) is 9.18 Å². The average molecular weight is 381 g/mol. The van der Waals surface area contributed by atoms with E-state index in [1.54, 1.807) is 25.4 Å². The third-order valence-electron chi connectivity index (χ3n) is 5.65. The van der Waals surface area contributed by atoms with Crippen molar-refractivity contribution in [3.8, 4) is 0 Å². The van der Waals surface area contributed by atoms with Crippen molar-refractivity contribution in [2.75, 3.05) is 12.0 Å². The molecule has 2 aromatic heterocycles. The maximum absolute atomic E-state index is 13.6. The molecule has 0 unspecified atom stereocenters. The Morgan fingerprint density at radius 1 is 1.14 bits per heavy atom. The Morgan fingerprint density at radius 2 is 1.86 bits per heavy atom. The number of hydrogen-bond donors (Lipinski definition) is 0. The van der Waals surface area contributed by atoms with Crippen molar-refractivity contribution in [2.24, 2.45) is 0 Å². The van der Waals surface area contributed by atoms with E-state index in [1.165, 1.54) is 12.1 Å². The number of carbonyl (C=O) groups is 1. The lowest BCUT2D eigenvalue weighted by atomic mass is 9.91. The SMILES string of the molecule is COC1CCC(N(C(=O)c2ccn3c(C)ccnc23)c2ccc(F)cc2)CC1. The van der Waals surface area contributed by atoms with Gasteiger partial charge in [0.05, 0.1) is 11.7 Å². The van der Waals surface area contributed by atoms with Crippen molar-refractivity contribution >= 4 is 17.2 Å². The van der Waals surface area contributed by atoms with Crippen molar-refractivity contribution in [3.05, 3.63) is 65.9 Å². The predicted octanol–water partition coefficient (Wildman–Crippen LogP) is 4.39. The number of aromatic nitrogens is 2. The minimum absolute atomic E-state index is 0.0455. The number of carbonyl (C=O) groups excluding carboxylic acids is 1. The molecule has 3 aromatic rings. The Bertz CT molecular complexity index is 975. The highest BCUT2D eigenvalue weighted by atomic mass is 19.1. The zero-order chi connectivity index (χ0) is 19.7. The lowest BCUT2D eigenvalue weighted by Gasteiger charge is -2.36. The number of anilines is 1. The van der Waals surface area contributed by atoms with Crippen LogP contribution in [0.1, 0.15) is 41.7 Å². The van der Waals surface area contributed by atoms with Gasteiger partial charge in [-0.3, -0.25) is 4.79 Å². The fourth-order valence-corrected chi connectivity index (χ4v) is 4.07. The maximum Gasteiger partial charge on any atom is 0.262 e. The van der Waals surface area contributed by atoms with Crippen LogP contribution in [-0.4, -0.2) is 34.5 Å². The van der Waals surface area contributed by atoms with E-state index < -0.39 is 0 Å². The van der Waals surface area contributed by atoms with Crippen LogP contribution in [0.3, 0.4) is 0 Å². The quantitative estimate of drug-likeness (QED) is 0.674. The molecule has 1 fully saturated rings. The smallest absolute Gasteiger partial charge is 0.262 e. The molecule has 0 N–H and O–H groups in total. The first-order valence-corrected chi connectivity index (χ1v) is 9.63. The number of ether oxygens (including phenoxy) is 1. The fraction of sp³-hybridized carbons (Fsp3) is 0.364. The average Bonchev–Trinajstić information content (AvgIpc) is 3.16. The normalized spacial score (nSPS) is 19.7. The summed E-state index contributed by atoms with van der Waals surface area (Å²) in [5.74, 6) is -0.418. The highest BCUT2D eigenvalue weighted by Gasteiger charge is 2.32. The fourth-order valence-electron chi connectivity index (χ4n) is 4.07. The van der Waals surface area contributed by atoms with Crippen molar-refractivity contribution in [1.29, 1.82) is 0 Å². The van der Waals surface area contributed by atoms with E-state index in [4.69, 9.17) is 4.74 Å². The molecular weight excluding hydrogens is 357 g/mol. The van der Waals surface area contributed by atoms with Crippen LogP contribution in [0.4, 0.5) is 10.1 Å². The minimum Gasteiger partial charge on any atom is -0.381 e. The Balaban J connectivity index is 1.73. The highest BCUT2D eigenvalue weighted by molar-refractivity contribution is 6.10. The van der Waals surface area contributed by atoms with Crippen LogP contribution in [0.2, 0.25) is 0 Å². The summed E-state index contributed by atoms with van der Waals surface area (Å²) in [5.41, 5.74) is 2.92. The van der Waals surface area contributed by atoms with Crippen LogP contribution in [0.25, 0.3) is 5.65 Å². The second kappa shape index (κ2) is 7.72. The van der Waals surface area contributed by atoms with Gasteiger partial charge in [0.2, 0.25) is 0 Å². The summed E-state index contributed by atoms with van der Waals surface area (Å²) in [7, 11) is 1.73.